The number of carbonyl (C=O) groups excluding carboxylic acids is 1. The molecule has 0 bridgehead atoms. The number of nitrogens with zero attached hydrogens (tertiary/aromatic N) is 3. The number of aryl methyl sites for hydroxylation is 1. The summed E-state index contributed by atoms with van der Waals surface area (Å²) in [5, 5.41) is -0.00542. The Morgan fingerprint density at radius 1 is 1.00 bits per heavy atom. The zero-order valence-electron chi connectivity index (χ0n) is 21.6. The van der Waals surface area contributed by atoms with E-state index in [9.17, 15) is 22.8 Å². The molecule has 1 aliphatic carbocycles. The van der Waals surface area contributed by atoms with E-state index in [2.05, 4.69) is 0 Å². The second kappa shape index (κ2) is 11.5. The molecule has 0 N–H and O–H groups in total. The van der Waals surface area contributed by atoms with Gasteiger partial charge in [-0.05, 0) is 62.9 Å². The molecular formula is C28H35N3O5S. The molecule has 0 radical (unpaired) electrons. The summed E-state index contributed by atoms with van der Waals surface area (Å²) >= 11 is 0. The maximum Gasteiger partial charge on any atom is 0.331 e. The highest BCUT2D eigenvalue weighted by Crippen LogP contribution is 2.24. The van der Waals surface area contributed by atoms with E-state index in [1.54, 1.807) is 29.2 Å². The standard InChI is InChI=1S/C28H35N3O5S/c1-3-29(22-12-9-11-21(2)19-22)26(32)20-31-25-16-8-7-15-24(25)27(33)30(28(31)34)17-10-18-37(35,36)23-13-5-4-6-14-23/h7-9,11-12,15-16,19,23H,3-6,10,13-14,17-18,20H2,1-2H3. The van der Waals surface area contributed by atoms with Crippen LogP contribution in [0.4, 0.5) is 5.69 Å². The molecule has 0 aliphatic heterocycles. The number of hydrogen-bond donors (Lipinski definition) is 0. The van der Waals surface area contributed by atoms with Gasteiger partial charge in [-0.2, -0.15) is 0 Å². The van der Waals surface area contributed by atoms with Crippen LogP contribution >= 0.6 is 0 Å². The van der Waals surface area contributed by atoms with Crippen LogP contribution in [0.5, 0.6) is 0 Å². The van der Waals surface area contributed by atoms with Crippen molar-refractivity contribution >= 4 is 32.3 Å². The van der Waals surface area contributed by atoms with Crippen molar-refractivity contribution in [3.8, 4) is 0 Å². The summed E-state index contributed by atoms with van der Waals surface area (Å²) in [6.07, 6.45) is 4.44. The Balaban J connectivity index is 1.63. The first-order valence-corrected chi connectivity index (χ1v) is 14.8. The molecule has 1 amide bonds. The predicted octanol–water partition coefficient (Wildman–Crippen LogP) is 3.66. The van der Waals surface area contributed by atoms with Crippen LogP contribution in [0.2, 0.25) is 0 Å². The zero-order valence-corrected chi connectivity index (χ0v) is 22.4. The molecule has 3 aromatic rings. The van der Waals surface area contributed by atoms with Gasteiger partial charge in [0, 0.05) is 18.8 Å². The Labute approximate surface area is 217 Å². The van der Waals surface area contributed by atoms with Crippen molar-refractivity contribution in [1.82, 2.24) is 9.13 Å². The lowest BCUT2D eigenvalue weighted by molar-refractivity contribution is -0.119. The highest BCUT2D eigenvalue weighted by Gasteiger charge is 2.27. The van der Waals surface area contributed by atoms with Crippen molar-refractivity contribution in [1.29, 1.82) is 0 Å². The van der Waals surface area contributed by atoms with Gasteiger partial charge in [0.2, 0.25) is 5.91 Å². The van der Waals surface area contributed by atoms with Crippen LogP contribution < -0.4 is 16.1 Å². The third kappa shape index (κ3) is 5.87. The molecule has 9 heteroatoms. The molecule has 1 heterocycles. The number of para-hydroxylation sites is 1. The first kappa shape index (κ1) is 26.9. The molecule has 4 rings (SSSR count). The lowest BCUT2D eigenvalue weighted by Gasteiger charge is -2.23. The van der Waals surface area contributed by atoms with E-state index in [1.165, 1.54) is 4.57 Å². The molecule has 0 atom stereocenters. The number of aromatic nitrogens is 2. The minimum absolute atomic E-state index is 0.0159. The van der Waals surface area contributed by atoms with Gasteiger partial charge in [0.1, 0.15) is 6.54 Å². The molecule has 0 unspecified atom stereocenters. The van der Waals surface area contributed by atoms with Crippen molar-refractivity contribution in [2.45, 2.75) is 70.7 Å². The maximum absolute atomic E-state index is 13.5. The third-order valence-electron chi connectivity index (χ3n) is 7.23. The highest BCUT2D eigenvalue weighted by molar-refractivity contribution is 7.92. The number of hydrogen-bond acceptors (Lipinski definition) is 5. The van der Waals surface area contributed by atoms with Gasteiger partial charge >= 0.3 is 5.69 Å². The second-order valence-electron chi connectivity index (χ2n) is 9.80. The van der Waals surface area contributed by atoms with Gasteiger partial charge < -0.3 is 4.90 Å². The fourth-order valence-electron chi connectivity index (χ4n) is 5.26. The van der Waals surface area contributed by atoms with Crippen molar-refractivity contribution in [2.24, 2.45) is 0 Å². The van der Waals surface area contributed by atoms with Gasteiger partial charge in [-0.3, -0.25) is 18.7 Å². The Morgan fingerprint density at radius 2 is 1.73 bits per heavy atom. The fraction of sp³-hybridized carbons (Fsp3) is 0.464. The minimum Gasteiger partial charge on any atom is -0.311 e. The number of carbonyl (C=O) groups is 1. The van der Waals surface area contributed by atoms with E-state index >= 15 is 0 Å². The molecule has 2 aromatic carbocycles. The number of benzene rings is 2. The van der Waals surface area contributed by atoms with Crippen LogP contribution in [0.1, 0.15) is 51.0 Å². The van der Waals surface area contributed by atoms with Crippen LogP contribution in [0.25, 0.3) is 10.9 Å². The average molecular weight is 526 g/mol. The van der Waals surface area contributed by atoms with Crippen LogP contribution in [-0.2, 0) is 27.7 Å². The lowest BCUT2D eigenvalue weighted by Crippen LogP contribution is -2.44. The molecule has 37 heavy (non-hydrogen) atoms. The Morgan fingerprint density at radius 3 is 2.43 bits per heavy atom. The van der Waals surface area contributed by atoms with E-state index in [4.69, 9.17) is 0 Å². The van der Waals surface area contributed by atoms with Crippen LogP contribution in [0.15, 0.2) is 58.1 Å². The Hall–Kier alpha value is -3.20. The van der Waals surface area contributed by atoms with Gasteiger partial charge in [-0.15, -0.1) is 0 Å². The first-order chi connectivity index (χ1) is 17.7. The van der Waals surface area contributed by atoms with E-state index < -0.39 is 21.1 Å². The Bertz CT molecular complexity index is 1500. The summed E-state index contributed by atoms with van der Waals surface area (Å²) in [5.41, 5.74) is 1.07. The maximum atomic E-state index is 13.5. The van der Waals surface area contributed by atoms with Gasteiger partial charge in [-0.25, -0.2) is 13.2 Å². The lowest BCUT2D eigenvalue weighted by atomic mass is 10.0. The molecule has 1 fully saturated rings. The zero-order chi connectivity index (χ0) is 26.6. The summed E-state index contributed by atoms with van der Waals surface area (Å²) in [6.45, 7) is 3.99. The van der Waals surface area contributed by atoms with Crippen LogP contribution in [-0.4, -0.2) is 41.0 Å². The second-order valence-corrected chi connectivity index (χ2v) is 12.2. The third-order valence-corrected chi connectivity index (χ3v) is 9.57. The quantitative estimate of drug-likeness (QED) is 0.425. The smallest absolute Gasteiger partial charge is 0.311 e. The van der Waals surface area contributed by atoms with Crippen molar-refractivity contribution < 1.29 is 13.2 Å². The normalized spacial score (nSPS) is 14.6. The molecule has 0 spiro atoms. The minimum atomic E-state index is -3.28. The molecule has 198 valence electrons. The van der Waals surface area contributed by atoms with Gasteiger partial charge in [0.15, 0.2) is 9.84 Å². The number of fused-ring (bicyclic) bond motifs is 1. The number of anilines is 1. The fourth-order valence-corrected chi connectivity index (χ4v) is 7.17. The SMILES string of the molecule is CCN(C(=O)Cn1c(=O)n(CCCS(=O)(=O)C2CCCCC2)c(=O)c2ccccc21)c1cccc(C)c1. The van der Waals surface area contributed by atoms with Gasteiger partial charge in [-0.1, -0.05) is 43.5 Å². The summed E-state index contributed by atoms with van der Waals surface area (Å²) in [5.74, 6) is -0.336. The summed E-state index contributed by atoms with van der Waals surface area (Å²) in [6, 6.07) is 14.3. The number of rotatable bonds is 9. The largest absolute Gasteiger partial charge is 0.331 e. The molecular weight excluding hydrogens is 490 g/mol. The molecule has 1 aromatic heterocycles. The van der Waals surface area contributed by atoms with E-state index in [0.29, 0.717) is 30.3 Å². The molecule has 1 aliphatic rings. The summed E-state index contributed by atoms with van der Waals surface area (Å²) in [4.78, 5) is 41.7. The van der Waals surface area contributed by atoms with Gasteiger partial charge in [0.05, 0.1) is 21.9 Å². The average Bonchev–Trinajstić information content (AvgIpc) is 2.89. The topological polar surface area (TPSA) is 98.4 Å². The summed E-state index contributed by atoms with van der Waals surface area (Å²) in [7, 11) is -3.28. The van der Waals surface area contributed by atoms with Crippen LogP contribution in [0, 0.1) is 6.92 Å². The van der Waals surface area contributed by atoms with E-state index in [-0.39, 0.29) is 36.4 Å². The number of amides is 1. The molecule has 0 saturated heterocycles. The van der Waals surface area contributed by atoms with E-state index in [1.807, 2.05) is 38.1 Å². The monoisotopic (exact) mass is 525 g/mol. The summed E-state index contributed by atoms with van der Waals surface area (Å²) < 4.78 is 28.0. The van der Waals surface area contributed by atoms with Crippen LogP contribution in [0.3, 0.4) is 0 Å². The first-order valence-electron chi connectivity index (χ1n) is 13.0. The highest BCUT2D eigenvalue weighted by atomic mass is 32.2. The predicted molar refractivity (Wildman–Crippen MR) is 147 cm³/mol. The number of sulfone groups is 1. The Kier molecular flexibility index (Phi) is 8.32. The van der Waals surface area contributed by atoms with Crippen molar-refractivity contribution in [2.75, 3.05) is 17.2 Å². The molecule has 8 nitrogen and oxygen atoms in total. The van der Waals surface area contributed by atoms with Crippen molar-refractivity contribution in [3.63, 3.8) is 0 Å². The number of likely N-dealkylation sites (N-methyl/N-ethyl adjacent to an activating group) is 1. The van der Waals surface area contributed by atoms with Gasteiger partial charge in [0.25, 0.3) is 5.56 Å². The van der Waals surface area contributed by atoms with E-state index in [0.717, 1.165) is 35.1 Å². The van der Waals surface area contributed by atoms with Crippen molar-refractivity contribution in [3.05, 3.63) is 74.9 Å². The molecule has 1 saturated carbocycles.